The monoisotopic (exact) mass is 383 g/mol. The Morgan fingerprint density at radius 3 is 2.28 bits per heavy atom. The normalized spacial score (nSPS) is 14.1. The minimum absolute atomic E-state index is 0.172. The fourth-order valence-corrected chi connectivity index (χ4v) is 2.56. The van der Waals surface area contributed by atoms with Crippen molar-refractivity contribution in [3.63, 3.8) is 0 Å². The van der Waals surface area contributed by atoms with Gasteiger partial charge in [-0.15, -0.1) is 0 Å². The zero-order valence-corrected chi connectivity index (χ0v) is 13.1. The molecule has 6 heteroatoms. The second-order valence-corrected chi connectivity index (χ2v) is 6.61. The maximum atomic E-state index is 13.5. The van der Waals surface area contributed by atoms with Crippen LogP contribution < -0.4 is 5.32 Å². The van der Waals surface area contributed by atoms with Gasteiger partial charge in [-0.25, -0.2) is 8.78 Å². The van der Waals surface area contributed by atoms with Gasteiger partial charge in [0.05, 0.1) is 0 Å². The Morgan fingerprint density at radius 1 is 1.33 bits per heavy atom. The Balaban J connectivity index is 2.85. The first-order chi connectivity index (χ1) is 8.31. The van der Waals surface area contributed by atoms with E-state index in [9.17, 15) is 13.6 Å². The van der Waals surface area contributed by atoms with Gasteiger partial charge < -0.3 is 5.32 Å². The number of nitrogens with one attached hydrogen (secondary N) is 1. The number of rotatable bonds is 4. The second kappa shape index (κ2) is 6.61. The average molecular weight is 385 g/mol. The smallest absolute Gasteiger partial charge is 0.257 e. The third kappa shape index (κ3) is 4.31. The summed E-state index contributed by atoms with van der Waals surface area (Å²) in [5.74, 6) is -2.49. The van der Waals surface area contributed by atoms with Gasteiger partial charge in [-0.2, -0.15) is 0 Å². The fourth-order valence-electron chi connectivity index (χ4n) is 1.60. The highest BCUT2D eigenvalue weighted by Gasteiger charge is 2.20. The molecule has 0 aliphatic carbocycles. The minimum atomic E-state index is -0.876. The number of benzene rings is 1. The molecule has 1 rings (SSSR count). The van der Waals surface area contributed by atoms with Crippen LogP contribution in [0.1, 0.15) is 30.6 Å². The van der Waals surface area contributed by atoms with Crippen molar-refractivity contribution in [1.29, 1.82) is 0 Å². The zero-order valence-electron chi connectivity index (χ0n) is 9.94. The minimum Gasteiger partial charge on any atom is -0.349 e. The van der Waals surface area contributed by atoms with E-state index in [1.807, 2.05) is 6.92 Å². The lowest BCUT2D eigenvalue weighted by atomic mass is 10.1. The Labute approximate surface area is 121 Å². The molecule has 1 aromatic rings. The lowest BCUT2D eigenvalue weighted by Gasteiger charge is -2.15. The molecule has 100 valence electrons. The van der Waals surface area contributed by atoms with E-state index in [1.54, 1.807) is 6.92 Å². The second-order valence-electron chi connectivity index (χ2n) is 4.14. The number of halogens is 4. The summed E-state index contributed by atoms with van der Waals surface area (Å²) >= 11 is 6.32. The lowest BCUT2D eigenvalue weighted by molar-refractivity contribution is 0.0930. The fraction of sp³-hybridized carbons (Fsp3) is 0.417. The third-order valence-electron chi connectivity index (χ3n) is 2.29. The van der Waals surface area contributed by atoms with Gasteiger partial charge in [0, 0.05) is 15.3 Å². The van der Waals surface area contributed by atoms with Crippen LogP contribution in [0.15, 0.2) is 16.6 Å². The van der Waals surface area contributed by atoms with Crippen molar-refractivity contribution in [2.24, 2.45) is 0 Å². The number of hydrogen-bond donors (Lipinski definition) is 1. The molecule has 1 N–H and O–H groups in total. The molecule has 0 aromatic heterocycles. The van der Waals surface area contributed by atoms with Gasteiger partial charge in [-0.1, -0.05) is 38.8 Å². The summed E-state index contributed by atoms with van der Waals surface area (Å²) in [6, 6.07) is 1.96. The highest BCUT2D eigenvalue weighted by molar-refractivity contribution is 9.10. The molecule has 0 saturated heterocycles. The SMILES string of the molecule is CC(Br)CC(C)NC(=O)c1c(F)cc(Br)cc1F. The van der Waals surface area contributed by atoms with Crippen molar-refractivity contribution in [3.05, 3.63) is 33.8 Å². The van der Waals surface area contributed by atoms with Crippen molar-refractivity contribution in [2.45, 2.75) is 31.1 Å². The standard InChI is InChI=1S/C12H13Br2F2NO/c1-6(13)3-7(2)17-12(18)11-9(15)4-8(14)5-10(11)16/h4-7H,3H2,1-2H3,(H,17,18). The molecule has 1 amide bonds. The molecule has 2 atom stereocenters. The van der Waals surface area contributed by atoms with E-state index in [2.05, 4.69) is 37.2 Å². The number of alkyl halides is 1. The van der Waals surface area contributed by atoms with Crippen LogP contribution in [0.4, 0.5) is 8.78 Å². The van der Waals surface area contributed by atoms with Crippen LogP contribution >= 0.6 is 31.9 Å². The highest BCUT2D eigenvalue weighted by Crippen LogP contribution is 2.19. The van der Waals surface area contributed by atoms with Crippen LogP contribution in [-0.2, 0) is 0 Å². The zero-order chi connectivity index (χ0) is 13.9. The highest BCUT2D eigenvalue weighted by atomic mass is 79.9. The predicted molar refractivity (Wildman–Crippen MR) is 74.0 cm³/mol. The predicted octanol–water partition coefficient (Wildman–Crippen LogP) is 4.02. The van der Waals surface area contributed by atoms with Crippen molar-refractivity contribution in [2.75, 3.05) is 0 Å². The summed E-state index contributed by atoms with van der Waals surface area (Å²) < 4.78 is 27.3. The van der Waals surface area contributed by atoms with E-state index in [0.717, 1.165) is 12.1 Å². The molecule has 0 aliphatic heterocycles. The molecule has 2 nitrogen and oxygen atoms in total. The van der Waals surface area contributed by atoms with Crippen LogP contribution in [0.25, 0.3) is 0 Å². The molecule has 18 heavy (non-hydrogen) atoms. The molecule has 0 fully saturated rings. The maximum absolute atomic E-state index is 13.5. The quantitative estimate of drug-likeness (QED) is 0.780. The Hall–Kier alpha value is -0.490. The molecule has 0 bridgehead atoms. The van der Waals surface area contributed by atoms with Gasteiger partial charge in [0.25, 0.3) is 5.91 Å². The summed E-state index contributed by atoms with van der Waals surface area (Å²) in [4.78, 5) is 12.0. The molecule has 0 heterocycles. The van der Waals surface area contributed by atoms with Crippen LogP contribution in [-0.4, -0.2) is 16.8 Å². The van der Waals surface area contributed by atoms with Gasteiger partial charge in [-0.05, 0) is 25.5 Å². The van der Waals surface area contributed by atoms with Crippen LogP contribution in [0, 0.1) is 11.6 Å². The van der Waals surface area contributed by atoms with E-state index >= 15 is 0 Å². The Kier molecular flexibility index (Phi) is 5.72. The number of hydrogen-bond acceptors (Lipinski definition) is 1. The number of carbonyl (C=O) groups is 1. The maximum Gasteiger partial charge on any atom is 0.257 e. The van der Waals surface area contributed by atoms with E-state index in [0.29, 0.717) is 6.42 Å². The molecular weight excluding hydrogens is 372 g/mol. The molecule has 1 aromatic carbocycles. The van der Waals surface area contributed by atoms with E-state index in [1.165, 1.54) is 0 Å². The number of carbonyl (C=O) groups excluding carboxylic acids is 1. The van der Waals surface area contributed by atoms with Crippen LogP contribution in [0.5, 0.6) is 0 Å². The Bertz CT molecular complexity index is 429. The van der Waals surface area contributed by atoms with Gasteiger partial charge in [-0.3, -0.25) is 4.79 Å². The van der Waals surface area contributed by atoms with Gasteiger partial charge in [0.2, 0.25) is 0 Å². The number of amides is 1. The van der Waals surface area contributed by atoms with Gasteiger partial charge in [0.1, 0.15) is 17.2 Å². The topological polar surface area (TPSA) is 29.1 Å². The Morgan fingerprint density at radius 2 is 1.83 bits per heavy atom. The van der Waals surface area contributed by atoms with Crippen molar-refractivity contribution in [1.82, 2.24) is 5.32 Å². The van der Waals surface area contributed by atoms with Crippen molar-refractivity contribution in [3.8, 4) is 0 Å². The first-order valence-corrected chi connectivity index (χ1v) is 7.11. The summed E-state index contributed by atoms with van der Waals surface area (Å²) in [5.41, 5.74) is -0.549. The van der Waals surface area contributed by atoms with Crippen molar-refractivity contribution < 1.29 is 13.6 Å². The van der Waals surface area contributed by atoms with Crippen LogP contribution in [0.2, 0.25) is 0 Å². The summed E-state index contributed by atoms with van der Waals surface area (Å²) in [5, 5.41) is 2.56. The molecular formula is C12H13Br2F2NO. The van der Waals surface area contributed by atoms with E-state index < -0.39 is 23.1 Å². The first kappa shape index (κ1) is 15.6. The lowest BCUT2D eigenvalue weighted by Crippen LogP contribution is -2.35. The largest absolute Gasteiger partial charge is 0.349 e. The summed E-state index contributed by atoms with van der Waals surface area (Å²) in [7, 11) is 0. The molecule has 0 spiro atoms. The molecule has 0 radical (unpaired) electrons. The van der Waals surface area contributed by atoms with E-state index in [4.69, 9.17) is 0 Å². The first-order valence-electron chi connectivity index (χ1n) is 5.40. The van der Waals surface area contributed by atoms with Gasteiger partial charge >= 0.3 is 0 Å². The average Bonchev–Trinajstić information content (AvgIpc) is 2.12. The molecule has 0 saturated carbocycles. The van der Waals surface area contributed by atoms with E-state index in [-0.39, 0.29) is 15.3 Å². The summed E-state index contributed by atoms with van der Waals surface area (Å²) in [6.45, 7) is 3.72. The van der Waals surface area contributed by atoms with Crippen molar-refractivity contribution >= 4 is 37.8 Å². The molecule has 0 aliphatic rings. The van der Waals surface area contributed by atoms with Crippen LogP contribution in [0.3, 0.4) is 0 Å². The third-order valence-corrected chi connectivity index (χ3v) is 3.12. The molecule has 2 unspecified atom stereocenters. The summed E-state index contributed by atoms with van der Waals surface area (Å²) in [6.07, 6.45) is 0.672. The van der Waals surface area contributed by atoms with Gasteiger partial charge in [0.15, 0.2) is 0 Å².